The minimum Gasteiger partial charge on any atom is -0.379 e. The van der Waals surface area contributed by atoms with E-state index in [0.29, 0.717) is 12.0 Å². The molecule has 1 aliphatic heterocycles. The van der Waals surface area contributed by atoms with Gasteiger partial charge in [-0.1, -0.05) is 31.5 Å². The lowest BCUT2D eigenvalue weighted by Gasteiger charge is -2.38. The minimum absolute atomic E-state index is 0.300. The zero-order valence-electron chi connectivity index (χ0n) is 13.4. The summed E-state index contributed by atoms with van der Waals surface area (Å²) in [5.41, 5.74) is 2.46. The van der Waals surface area contributed by atoms with E-state index in [-0.39, 0.29) is 0 Å². The van der Waals surface area contributed by atoms with E-state index in [1.54, 1.807) is 0 Å². The van der Waals surface area contributed by atoms with Gasteiger partial charge in [-0.25, -0.2) is 0 Å². The van der Waals surface area contributed by atoms with Gasteiger partial charge in [-0.2, -0.15) is 0 Å². The number of hydrogen-bond donors (Lipinski definition) is 1. The van der Waals surface area contributed by atoms with Crippen LogP contribution in [0.1, 0.15) is 32.3 Å². The van der Waals surface area contributed by atoms with Crippen LogP contribution in [0.5, 0.6) is 0 Å². The van der Waals surface area contributed by atoms with E-state index < -0.39 is 0 Å². The normalized spacial score (nSPS) is 22.6. The summed E-state index contributed by atoms with van der Waals surface area (Å²) in [5, 5.41) is 4.31. The molecule has 118 valence electrons. The summed E-state index contributed by atoms with van der Waals surface area (Å²) < 4.78 is 5.63. The van der Waals surface area contributed by atoms with Crippen LogP contribution in [0.4, 0.5) is 5.69 Å². The maximum absolute atomic E-state index is 6.43. The molecule has 1 saturated heterocycles. The van der Waals surface area contributed by atoms with Crippen molar-refractivity contribution in [3.8, 4) is 0 Å². The molecule has 0 saturated carbocycles. The molecular weight excluding hydrogens is 284 g/mol. The minimum atomic E-state index is 0.300. The van der Waals surface area contributed by atoms with Gasteiger partial charge < -0.3 is 15.0 Å². The van der Waals surface area contributed by atoms with Gasteiger partial charge in [0.05, 0.1) is 6.10 Å². The number of hydrogen-bond acceptors (Lipinski definition) is 3. The molecule has 0 radical (unpaired) electrons. The molecule has 2 unspecified atom stereocenters. The summed E-state index contributed by atoms with van der Waals surface area (Å²) in [5.74, 6) is 0.618. The average molecular weight is 311 g/mol. The number of nitrogens with zero attached hydrogens (tertiary/aromatic N) is 1. The van der Waals surface area contributed by atoms with Crippen LogP contribution in [0.3, 0.4) is 0 Å². The predicted molar refractivity (Wildman–Crippen MR) is 90.2 cm³/mol. The van der Waals surface area contributed by atoms with Crippen LogP contribution in [-0.4, -0.2) is 32.8 Å². The van der Waals surface area contributed by atoms with Gasteiger partial charge in [-0.15, -0.1) is 0 Å². The third-order valence-electron chi connectivity index (χ3n) is 4.36. The Morgan fingerprint density at radius 3 is 2.95 bits per heavy atom. The van der Waals surface area contributed by atoms with E-state index in [9.17, 15) is 0 Å². The molecule has 0 spiro atoms. The highest BCUT2D eigenvalue weighted by molar-refractivity contribution is 6.31. The Morgan fingerprint density at radius 1 is 1.43 bits per heavy atom. The maximum atomic E-state index is 6.43. The number of nitrogens with one attached hydrogen (secondary N) is 1. The van der Waals surface area contributed by atoms with Crippen LogP contribution in [-0.2, 0) is 11.3 Å². The summed E-state index contributed by atoms with van der Waals surface area (Å²) in [7, 11) is 1.81. The number of methoxy groups -OCH3 is 1. The molecule has 2 atom stereocenters. The van der Waals surface area contributed by atoms with E-state index in [4.69, 9.17) is 16.3 Å². The van der Waals surface area contributed by atoms with Gasteiger partial charge in [-0.05, 0) is 37.4 Å². The third-order valence-corrected chi connectivity index (χ3v) is 4.71. The molecule has 1 N–H and O–H groups in total. The van der Waals surface area contributed by atoms with Crippen molar-refractivity contribution in [1.29, 1.82) is 0 Å². The first-order valence-corrected chi connectivity index (χ1v) is 8.31. The van der Waals surface area contributed by atoms with Crippen molar-refractivity contribution in [2.45, 2.75) is 39.3 Å². The second kappa shape index (κ2) is 8.02. The van der Waals surface area contributed by atoms with Crippen molar-refractivity contribution in [3.63, 3.8) is 0 Å². The van der Waals surface area contributed by atoms with E-state index in [2.05, 4.69) is 30.1 Å². The zero-order valence-corrected chi connectivity index (χ0v) is 14.1. The molecule has 3 nitrogen and oxygen atoms in total. The van der Waals surface area contributed by atoms with E-state index >= 15 is 0 Å². The van der Waals surface area contributed by atoms with Crippen LogP contribution in [0.25, 0.3) is 0 Å². The smallest absolute Gasteiger partial charge is 0.0772 e. The average Bonchev–Trinajstić information content (AvgIpc) is 2.49. The Kier molecular flexibility index (Phi) is 6.34. The number of rotatable bonds is 6. The zero-order chi connectivity index (χ0) is 15.2. The van der Waals surface area contributed by atoms with E-state index in [0.717, 1.165) is 44.0 Å². The molecule has 0 aromatic heterocycles. The fourth-order valence-electron chi connectivity index (χ4n) is 2.97. The van der Waals surface area contributed by atoms with Crippen LogP contribution >= 0.6 is 11.6 Å². The molecule has 1 aliphatic rings. The highest BCUT2D eigenvalue weighted by atomic mass is 35.5. The van der Waals surface area contributed by atoms with Crippen LogP contribution < -0.4 is 10.2 Å². The maximum Gasteiger partial charge on any atom is 0.0772 e. The van der Waals surface area contributed by atoms with Crippen LogP contribution in [0.15, 0.2) is 18.2 Å². The van der Waals surface area contributed by atoms with Gasteiger partial charge in [0.2, 0.25) is 0 Å². The SMILES string of the molecule is CCCNCc1c(Cl)cccc1N1CCC(C)C(OC)C1. The Bertz CT molecular complexity index is 452. The standard InChI is InChI=1S/C17H27ClN2O/c1-4-9-19-11-14-15(18)6-5-7-16(14)20-10-8-13(2)17(12-20)21-3/h5-7,13,17,19H,4,8-12H2,1-3H3. The summed E-state index contributed by atoms with van der Waals surface area (Å²) in [6, 6.07) is 6.20. The Hall–Kier alpha value is -0.770. The number of ether oxygens (including phenoxy) is 1. The van der Waals surface area contributed by atoms with Crippen molar-refractivity contribution in [2.75, 3.05) is 31.6 Å². The second-order valence-corrected chi connectivity index (χ2v) is 6.31. The van der Waals surface area contributed by atoms with Gasteiger partial charge >= 0.3 is 0 Å². The summed E-state index contributed by atoms with van der Waals surface area (Å²) in [6.45, 7) is 8.30. The Morgan fingerprint density at radius 2 is 2.24 bits per heavy atom. The van der Waals surface area contributed by atoms with E-state index in [1.165, 1.54) is 11.3 Å². The number of anilines is 1. The summed E-state index contributed by atoms with van der Waals surface area (Å²) in [6.07, 6.45) is 2.59. The number of piperidine rings is 1. The Balaban J connectivity index is 2.16. The quantitative estimate of drug-likeness (QED) is 0.811. The first-order chi connectivity index (χ1) is 10.2. The van der Waals surface area contributed by atoms with Gasteiger partial charge in [-0.3, -0.25) is 0 Å². The molecule has 1 heterocycles. The topological polar surface area (TPSA) is 24.5 Å². The third kappa shape index (κ3) is 4.12. The second-order valence-electron chi connectivity index (χ2n) is 5.90. The van der Waals surface area contributed by atoms with Crippen molar-refractivity contribution in [1.82, 2.24) is 5.32 Å². The lowest BCUT2D eigenvalue weighted by atomic mass is 9.95. The first kappa shape index (κ1) is 16.6. The van der Waals surface area contributed by atoms with Crippen molar-refractivity contribution >= 4 is 17.3 Å². The molecule has 2 rings (SSSR count). The van der Waals surface area contributed by atoms with Gasteiger partial charge in [0.1, 0.15) is 0 Å². The Labute approximate surface area is 133 Å². The predicted octanol–water partition coefficient (Wildman–Crippen LogP) is 3.70. The van der Waals surface area contributed by atoms with Gasteiger partial charge in [0.15, 0.2) is 0 Å². The number of halogens is 1. The fourth-order valence-corrected chi connectivity index (χ4v) is 3.20. The molecule has 1 fully saturated rings. The lowest BCUT2D eigenvalue weighted by molar-refractivity contribution is 0.0498. The van der Waals surface area contributed by atoms with Crippen molar-refractivity contribution < 1.29 is 4.74 Å². The molecule has 1 aromatic carbocycles. The molecule has 0 bridgehead atoms. The molecule has 0 aliphatic carbocycles. The number of benzene rings is 1. The lowest BCUT2D eigenvalue weighted by Crippen LogP contribution is -2.44. The van der Waals surface area contributed by atoms with E-state index in [1.807, 2.05) is 19.2 Å². The molecule has 0 amide bonds. The van der Waals surface area contributed by atoms with Crippen LogP contribution in [0, 0.1) is 5.92 Å². The molecular formula is C17H27ClN2O. The largest absolute Gasteiger partial charge is 0.379 e. The van der Waals surface area contributed by atoms with Gasteiger partial charge in [0, 0.05) is 43.0 Å². The highest BCUT2D eigenvalue weighted by Gasteiger charge is 2.27. The monoisotopic (exact) mass is 310 g/mol. The molecule has 21 heavy (non-hydrogen) atoms. The summed E-state index contributed by atoms with van der Waals surface area (Å²) in [4.78, 5) is 2.42. The molecule has 4 heteroatoms. The molecule has 1 aromatic rings. The van der Waals surface area contributed by atoms with Crippen LogP contribution in [0.2, 0.25) is 5.02 Å². The van der Waals surface area contributed by atoms with Gasteiger partial charge in [0.25, 0.3) is 0 Å². The summed E-state index contributed by atoms with van der Waals surface area (Å²) >= 11 is 6.43. The highest BCUT2D eigenvalue weighted by Crippen LogP contribution is 2.31. The first-order valence-electron chi connectivity index (χ1n) is 7.93. The fraction of sp³-hybridized carbons (Fsp3) is 0.647. The van der Waals surface area contributed by atoms with Crippen molar-refractivity contribution in [3.05, 3.63) is 28.8 Å². The van der Waals surface area contributed by atoms with Crippen molar-refractivity contribution in [2.24, 2.45) is 5.92 Å².